The fourth-order valence-electron chi connectivity index (χ4n) is 3.23. The van der Waals surface area contributed by atoms with Gasteiger partial charge in [0.05, 0.1) is 6.61 Å². The van der Waals surface area contributed by atoms with Crippen LogP contribution in [0.25, 0.3) is 0 Å². The van der Waals surface area contributed by atoms with Gasteiger partial charge in [0.25, 0.3) is 0 Å². The molecule has 0 heterocycles. The molecule has 1 saturated carbocycles. The summed E-state index contributed by atoms with van der Waals surface area (Å²) < 4.78 is 5.25. The van der Waals surface area contributed by atoms with Crippen LogP contribution < -0.4 is 5.32 Å². The van der Waals surface area contributed by atoms with Crippen LogP contribution in [-0.2, 0) is 4.74 Å². The maximum absolute atomic E-state index is 5.25. The Labute approximate surface area is 120 Å². The summed E-state index contributed by atoms with van der Waals surface area (Å²) in [4.78, 5) is 2.59. The molecule has 0 bridgehead atoms. The molecule has 0 amide bonds. The van der Waals surface area contributed by atoms with Crippen molar-refractivity contribution in [1.82, 2.24) is 10.2 Å². The van der Waals surface area contributed by atoms with Crippen molar-refractivity contribution in [3.05, 3.63) is 0 Å². The monoisotopic (exact) mass is 270 g/mol. The number of ether oxygens (including phenoxy) is 1. The third-order valence-corrected chi connectivity index (χ3v) is 5.02. The molecule has 1 fully saturated rings. The van der Waals surface area contributed by atoms with E-state index in [9.17, 15) is 0 Å². The number of nitrogens with one attached hydrogen (secondary N) is 1. The number of rotatable bonds is 9. The fourth-order valence-corrected chi connectivity index (χ4v) is 3.23. The van der Waals surface area contributed by atoms with Gasteiger partial charge < -0.3 is 10.1 Å². The Bertz CT molecular complexity index is 227. The molecule has 1 N–H and O–H groups in total. The predicted molar refractivity (Wildman–Crippen MR) is 82.7 cm³/mol. The summed E-state index contributed by atoms with van der Waals surface area (Å²) in [5, 5.41) is 3.63. The minimum atomic E-state index is 0.400. The molecule has 0 spiro atoms. The summed E-state index contributed by atoms with van der Waals surface area (Å²) >= 11 is 0. The van der Waals surface area contributed by atoms with Crippen LogP contribution in [0.1, 0.15) is 58.8 Å². The lowest BCUT2D eigenvalue weighted by Crippen LogP contribution is -2.48. The smallest absolute Gasteiger partial charge is 0.0589 e. The van der Waals surface area contributed by atoms with Gasteiger partial charge in [0.15, 0.2) is 0 Å². The van der Waals surface area contributed by atoms with E-state index in [0.717, 1.165) is 13.2 Å². The van der Waals surface area contributed by atoms with Crippen LogP contribution in [0, 0.1) is 0 Å². The highest BCUT2D eigenvalue weighted by Gasteiger charge is 2.30. The minimum Gasteiger partial charge on any atom is -0.383 e. The lowest BCUT2D eigenvalue weighted by molar-refractivity contribution is 0.106. The van der Waals surface area contributed by atoms with Crippen molar-refractivity contribution in [3.63, 3.8) is 0 Å². The number of hydrogen-bond donors (Lipinski definition) is 1. The summed E-state index contributed by atoms with van der Waals surface area (Å²) in [6.45, 7) is 7.71. The molecule has 0 saturated heterocycles. The first-order valence-corrected chi connectivity index (χ1v) is 8.09. The lowest BCUT2D eigenvalue weighted by Gasteiger charge is -2.40. The normalized spacial score (nSPS) is 20.7. The Morgan fingerprint density at radius 2 is 1.89 bits per heavy atom. The summed E-state index contributed by atoms with van der Waals surface area (Å²) in [7, 11) is 3.94. The van der Waals surface area contributed by atoms with Crippen molar-refractivity contribution in [1.29, 1.82) is 0 Å². The zero-order valence-corrected chi connectivity index (χ0v) is 13.5. The molecule has 0 aromatic carbocycles. The average molecular weight is 270 g/mol. The quantitative estimate of drug-likeness (QED) is 0.697. The van der Waals surface area contributed by atoms with Crippen LogP contribution >= 0.6 is 0 Å². The molecule has 3 nitrogen and oxygen atoms in total. The van der Waals surface area contributed by atoms with Gasteiger partial charge in [-0.1, -0.05) is 26.2 Å². The summed E-state index contributed by atoms with van der Waals surface area (Å²) in [5.74, 6) is 0. The Kier molecular flexibility index (Phi) is 7.96. The molecule has 1 rings (SSSR count). The third kappa shape index (κ3) is 5.41. The van der Waals surface area contributed by atoms with Crippen molar-refractivity contribution in [2.75, 3.05) is 33.9 Å². The summed E-state index contributed by atoms with van der Waals surface area (Å²) in [5.41, 5.74) is 0.400. The van der Waals surface area contributed by atoms with E-state index in [2.05, 4.69) is 31.1 Å². The molecule has 1 aliphatic carbocycles. The van der Waals surface area contributed by atoms with Gasteiger partial charge in [-0.25, -0.2) is 0 Å². The van der Waals surface area contributed by atoms with Gasteiger partial charge in [0, 0.05) is 31.8 Å². The first-order chi connectivity index (χ1) is 9.17. The van der Waals surface area contributed by atoms with E-state index in [-0.39, 0.29) is 0 Å². The second-order valence-electron chi connectivity index (χ2n) is 6.13. The van der Waals surface area contributed by atoms with Gasteiger partial charge in [0.2, 0.25) is 0 Å². The first-order valence-electron chi connectivity index (χ1n) is 8.09. The molecule has 0 aromatic heterocycles. The van der Waals surface area contributed by atoms with Crippen molar-refractivity contribution < 1.29 is 4.74 Å². The molecule has 0 radical (unpaired) electrons. The highest BCUT2D eigenvalue weighted by molar-refractivity contribution is 4.90. The topological polar surface area (TPSA) is 24.5 Å². The Morgan fingerprint density at radius 3 is 2.42 bits per heavy atom. The number of nitrogens with zero attached hydrogens (tertiary/aromatic N) is 1. The van der Waals surface area contributed by atoms with E-state index in [1.54, 1.807) is 7.11 Å². The Hall–Kier alpha value is -0.120. The largest absolute Gasteiger partial charge is 0.383 e. The van der Waals surface area contributed by atoms with Gasteiger partial charge in [-0.15, -0.1) is 0 Å². The Morgan fingerprint density at radius 1 is 1.21 bits per heavy atom. The van der Waals surface area contributed by atoms with Gasteiger partial charge >= 0.3 is 0 Å². The van der Waals surface area contributed by atoms with Crippen molar-refractivity contribution >= 4 is 0 Å². The minimum absolute atomic E-state index is 0.400. The van der Waals surface area contributed by atoms with E-state index in [4.69, 9.17) is 4.74 Å². The van der Waals surface area contributed by atoms with Crippen LogP contribution in [0.2, 0.25) is 0 Å². The molecule has 0 aliphatic heterocycles. The Balaban J connectivity index is 2.48. The second kappa shape index (κ2) is 8.93. The van der Waals surface area contributed by atoms with E-state index in [0.29, 0.717) is 11.6 Å². The van der Waals surface area contributed by atoms with Crippen LogP contribution in [0.3, 0.4) is 0 Å². The van der Waals surface area contributed by atoms with Crippen LogP contribution in [0.15, 0.2) is 0 Å². The van der Waals surface area contributed by atoms with Crippen LogP contribution in [-0.4, -0.2) is 50.3 Å². The van der Waals surface area contributed by atoms with E-state index in [1.807, 2.05) is 0 Å². The highest BCUT2D eigenvalue weighted by Crippen LogP contribution is 2.31. The molecule has 3 heteroatoms. The summed E-state index contributed by atoms with van der Waals surface area (Å²) in [6.07, 6.45) is 9.39. The molecule has 0 aromatic rings. The van der Waals surface area contributed by atoms with Gasteiger partial charge in [-0.3, -0.25) is 4.90 Å². The van der Waals surface area contributed by atoms with Crippen molar-refractivity contribution in [3.8, 4) is 0 Å². The predicted octanol–water partition coefficient (Wildman–Crippen LogP) is 3.05. The van der Waals surface area contributed by atoms with Gasteiger partial charge in [0.1, 0.15) is 0 Å². The fraction of sp³-hybridized carbons (Fsp3) is 1.00. The molecule has 19 heavy (non-hydrogen) atoms. The van der Waals surface area contributed by atoms with Crippen LogP contribution in [0.4, 0.5) is 0 Å². The summed E-state index contributed by atoms with van der Waals surface area (Å²) in [6, 6.07) is 0.660. The SMILES string of the molecule is CCC(C)N(CCOC)CCC1(NC)CCCCC1. The van der Waals surface area contributed by atoms with Gasteiger partial charge in [-0.05, 0) is 39.7 Å². The average Bonchev–Trinajstić information content (AvgIpc) is 2.47. The second-order valence-corrected chi connectivity index (χ2v) is 6.13. The maximum Gasteiger partial charge on any atom is 0.0589 e. The maximum atomic E-state index is 5.25. The molecular weight excluding hydrogens is 236 g/mol. The van der Waals surface area contributed by atoms with E-state index < -0.39 is 0 Å². The van der Waals surface area contributed by atoms with E-state index in [1.165, 1.54) is 51.5 Å². The van der Waals surface area contributed by atoms with Gasteiger partial charge in [-0.2, -0.15) is 0 Å². The lowest BCUT2D eigenvalue weighted by atomic mass is 9.79. The zero-order valence-electron chi connectivity index (χ0n) is 13.5. The molecular formula is C16H34N2O. The molecule has 1 atom stereocenters. The highest BCUT2D eigenvalue weighted by atomic mass is 16.5. The molecule has 114 valence electrons. The number of methoxy groups -OCH3 is 1. The molecule has 1 unspecified atom stereocenters. The zero-order chi connectivity index (χ0) is 14.1. The molecule has 1 aliphatic rings. The van der Waals surface area contributed by atoms with Crippen LogP contribution in [0.5, 0.6) is 0 Å². The number of hydrogen-bond acceptors (Lipinski definition) is 3. The third-order valence-electron chi connectivity index (χ3n) is 5.02. The van der Waals surface area contributed by atoms with E-state index >= 15 is 0 Å². The van der Waals surface area contributed by atoms with Crippen molar-refractivity contribution in [2.24, 2.45) is 0 Å². The first kappa shape index (κ1) is 16.9. The standard InChI is InChI=1S/C16H34N2O/c1-5-15(2)18(13-14-19-4)12-11-16(17-3)9-7-6-8-10-16/h15,17H,5-14H2,1-4H3. The van der Waals surface area contributed by atoms with Crippen molar-refractivity contribution in [2.45, 2.75) is 70.4 Å².